The second-order valence-corrected chi connectivity index (χ2v) is 7.58. The number of thiophene rings is 1. The lowest BCUT2D eigenvalue weighted by Gasteiger charge is -2.22. The second-order valence-electron chi connectivity index (χ2n) is 6.63. The van der Waals surface area contributed by atoms with Gasteiger partial charge in [-0.3, -0.25) is 0 Å². The second kappa shape index (κ2) is 10.0. The van der Waals surface area contributed by atoms with E-state index in [9.17, 15) is 5.11 Å². The Balaban J connectivity index is 1.81. The molecule has 136 valence electrons. The first kappa shape index (κ1) is 19.2. The van der Waals surface area contributed by atoms with E-state index in [1.54, 1.807) is 11.3 Å². The lowest BCUT2D eigenvalue weighted by Crippen LogP contribution is -2.42. The Kier molecular flexibility index (Phi) is 8.02. The first-order chi connectivity index (χ1) is 11.6. The van der Waals surface area contributed by atoms with Crippen molar-refractivity contribution < 1.29 is 5.11 Å². The maximum absolute atomic E-state index is 10.6. The van der Waals surface area contributed by atoms with Gasteiger partial charge in [0.1, 0.15) is 5.60 Å². The van der Waals surface area contributed by atoms with Gasteiger partial charge in [-0.1, -0.05) is 18.9 Å². The summed E-state index contributed by atoms with van der Waals surface area (Å²) < 4.78 is 0. The Labute approximate surface area is 150 Å². The molecule has 5 nitrogen and oxygen atoms in total. The quantitative estimate of drug-likeness (QED) is 0.521. The summed E-state index contributed by atoms with van der Waals surface area (Å²) in [6.45, 7) is 9.40. The van der Waals surface area contributed by atoms with E-state index in [0.717, 1.165) is 30.5 Å². The van der Waals surface area contributed by atoms with Crippen molar-refractivity contribution in [3.63, 3.8) is 0 Å². The third-order valence-corrected chi connectivity index (χ3v) is 5.48. The van der Waals surface area contributed by atoms with E-state index in [-0.39, 0.29) is 0 Å². The summed E-state index contributed by atoms with van der Waals surface area (Å²) >= 11 is 1.57. The van der Waals surface area contributed by atoms with Crippen LogP contribution in [0.2, 0.25) is 0 Å². The molecule has 0 aromatic carbocycles. The molecule has 1 aromatic heterocycles. The van der Waals surface area contributed by atoms with E-state index in [1.165, 1.54) is 38.8 Å². The van der Waals surface area contributed by atoms with Crippen molar-refractivity contribution in [2.75, 3.05) is 39.3 Å². The van der Waals surface area contributed by atoms with E-state index < -0.39 is 5.60 Å². The van der Waals surface area contributed by atoms with Gasteiger partial charge in [0.15, 0.2) is 5.96 Å². The molecule has 0 spiro atoms. The fraction of sp³-hybridized carbons (Fsp3) is 0.722. The van der Waals surface area contributed by atoms with Crippen LogP contribution in [0.25, 0.3) is 0 Å². The predicted octanol–water partition coefficient (Wildman–Crippen LogP) is 2.39. The van der Waals surface area contributed by atoms with Crippen LogP contribution in [-0.2, 0) is 5.60 Å². The minimum atomic E-state index is -0.915. The highest BCUT2D eigenvalue weighted by Crippen LogP contribution is 2.25. The van der Waals surface area contributed by atoms with Crippen LogP contribution in [0.3, 0.4) is 0 Å². The predicted molar refractivity (Wildman–Crippen MR) is 103 cm³/mol. The van der Waals surface area contributed by atoms with Gasteiger partial charge in [-0.2, -0.15) is 0 Å². The van der Waals surface area contributed by atoms with Crippen LogP contribution < -0.4 is 10.6 Å². The summed E-state index contributed by atoms with van der Waals surface area (Å²) in [7, 11) is 0. The third-order valence-electron chi connectivity index (χ3n) is 4.36. The molecule has 1 saturated heterocycles. The highest BCUT2D eigenvalue weighted by atomic mass is 32.1. The van der Waals surface area contributed by atoms with E-state index >= 15 is 0 Å². The molecule has 1 aromatic rings. The van der Waals surface area contributed by atoms with E-state index in [2.05, 4.69) is 27.4 Å². The molecule has 1 aliphatic rings. The van der Waals surface area contributed by atoms with E-state index in [0.29, 0.717) is 6.54 Å². The van der Waals surface area contributed by atoms with Gasteiger partial charge in [-0.15, -0.1) is 11.3 Å². The summed E-state index contributed by atoms with van der Waals surface area (Å²) in [5.41, 5.74) is -0.915. The molecule has 1 atom stereocenters. The average molecular weight is 353 g/mol. The largest absolute Gasteiger partial charge is 0.383 e. The molecule has 2 heterocycles. The number of hydrogen-bond acceptors (Lipinski definition) is 4. The molecule has 0 bridgehead atoms. The summed E-state index contributed by atoms with van der Waals surface area (Å²) in [5, 5.41) is 19.2. The fourth-order valence-corrected chi connectivity index (χ4v) is 3.71. The van der Waals surface area contributed by atoms with Gasteiger partial charge in [-0.05, 0) is 51.2 Å². The van der Waals surface area contributed by atoms with Crippen molar-refractivity contribution in [2.24, 2.45) is 4.99 Å². The zero-order valence-electron chi connectivity index (χ0n) is 15.1. The molecule has 0 amide bonds. The first-order valence-electron chi connectivity index (χ1n) is 9.13. The standard InChI is InChI=1S/C18H32N4OS/c1-3-19-17(20-10-13-22-11-6-4-5-7-12-22)21-15-18(2,23)16-9-8-14-24-16/h8-9,14,23H,3-7,10-13,15H2,1-2H3,(H2,19,20,21). The smallest absolute Gasteiger partial charge is 0.191 e. The van der Waals surface area contributed by atoms with E-state index in [1.807, 2.05) is 24.4 Å². The molecule has 6 heteroatoms. The maximum Gasteiger partial charge on any atom is 0.191 e. The molecule has 0 saturated carbocycles. The average Bonchev–Trinajstić information content (AvgIpc) is 2.99. The summed E-state index contributed by atoms with van der Waals surface area (Å²) in [5.74, 6) is 0.782. The molecule has 1 fully saturated rings. The molecule has 1 unspecified atom stereocenters. The molecule has 0 radical (unpaired) electrons. The highest BCUT2D eigenvalue weighted by molar-refractivity contribution is 7.10. The van der Waals surface area contributed by atoms with Gasteiger partial charge in [0, 0.05) is 24.5 Å². The number of nitrogens with one attached hydrogen (secondary N) is 2. The zero-order valence-corrected chi connectivity index (χ0v) is 15.9. The van der Waals surface area contributed by atoms with Crippen LogP contribution in [0, 0.1) is 0 Å². The maximum atomic E-state index is 10.6. The Hall–Kier alpha value is -1.11. The molecule has 1 aliphatic heterocycles. The molecule has 2 rings (SSSR count). The Morgan fingerprint density at radius 3 is 2.67 bits per heavy atom. The Morgan fingerprint density at radius 1 is 1.29 bits per heavy atom. The summed E-state index contributed by atoms with van der Waals surface area (Å²) in [6.07, 6.45) is 5.37. The fourth-order valence-electron chi connectivity index (χ4n) is 2.93. The lowest BCUT2D eigenvalue weighted by molar-refractivity contribution is 0.0711. The number of hydrogen-bond donors (Lipinski definition) is 3. The Morgan fingerprint density at radius 2 is 2.04 bits per heavy atom. The molecule has 24 heavy (non-hydrogen) atoms. The molecular weight excluding hydrogens is 320 g/mol. The van der Waals surface area contributed by atoms with Crippen molar-refractivity contribution in [1.29, 1.82) is 0 Å². The third kappa shape index (κ3) is 6.42. The van der Waals surface area contributed by atoms with Crippen molar-refractivity contribution in [2.45, 2.75) is 45.1 Å². The van der Waals surface area contributed by atoms with Crippen LogP contribution in [0.4, 0.5) is 0 Å². The first-order valence-corrected chi connectivity index (χ1v) is 10.0. The normalized spacial score (nSPS) is 19.5. The number of aliphatic hydroxyl groups is 1. The molecule has 0 aliphatic carbocycles. The van der Waals surface area contributed by atoms with Crippen LogP contribution in [0.1, 0.15) is 44.4 Å². The lowest BCUT2D eigenvalue weighted by atomic mass is 10.1. The van der Waals surface area contributed by atoms with E-state index in [4.69, 9.17) is 0 Å². The zero-order chi connectivity index (χ0) is 17.3. The summed E-state index contributed by atoms with van der Waals surface area (Å²) in [6, 6.07) is 3.92. The van der Waals surface area contributed by atoms with Crippen LogP contribution in [0.15, 0.2) is 22.5 Å². The summed E-state index contributed by atoms with van der Waals surface area (Å²) in [4.78, 5) is 8.06. The Bertz CT molecular complexity index is 479. The number of likely N-dealkylation sites (tertiary alicyclic amines) is 1. The van der Waals surface area contributed by atoms with Gasteiger partial charge in [0.05, 0.1) is 6.54 Å². The highest BCUT2D eigenvalue weighted by Gasteiger charge is 2.24. The minimum absolute atomic E-state index is 0.354. The van der Waals surface area contributed by atoms with Gasteiger partial charge < -0.3 is 20.6 Å². The molecular formula is C18H32N4OS. The molecule has 3 N–H and O–H groups in total. The van der Waals surface area contributed by atoms with Gasteiger partial charge in [0.2, 0.25) is 0 Å². The van der Waals surface area contributed by atoms with Crippen LogP contribution in [-0.4, -0.2) is 55.2 Å². The van der Waals surface area contributed by atoms with Crippen molar-refractivity contribution in [3.8, 4) is 0 Å². The van der Waals surface area contributed by atoms with Crippen LogP contribution in [0.5, 0.6) is 0 Å². The number of guanidine groups is 1. The number of aliphatic imine (C=N–C) groups is 1. The number of nitrogens with zero attached hydrogens (tertiary/aromatic N) is 2. The van der Waals surface area contributed by atoms with Crippen LogP contribution >= 0.6 is 11.3 Å². The number of rotatable bonds is 7. The SMILES string of the molecule is CCNC(=NCC(C)(O)c1cccs1)NCCN1CCCCCC1. The van der Waals surface area contributed by atoms with Gasteiger partial charge in [0.25, 0.3) is 0 Å². The van der Waals surface area contributed by atoms with Crippen molar-refractivity contribution >= 4 is 17.3 Å². The van der Waals surface area contributed by atoms with Crippen molar-refractivity contribution in [3.05, 3.63) is 22.4 Å². The van der Waals surface area contributed by atoms with Gasteiger partial charge in [-0.25, -0.2) is 4.99 Å². The van der Waals surface area contributed by atoms with Crippen molar-refractivity contribution in [1.82, 2.24) is 15.5 Å². The topological polar surface area (TPSA) is 59.9 Å². The monoisotopic (exact) mass is 352 g/mol. The minimum Gasteiger partial charge on any atom is -0.383 e. The van der Waals surface area contributed by atoms with Gasteiger partial charge >= 0.3 is 0 Å².